The molecule has 30 heavy (non-hydrogen) atoms. The molecule has 7 heteroatoms. The minimum Gasteiger partial charge on any atom is -0.377 e. The lowest BCUT2D eigenvalue weighted by molar-refractivity contribution is 0.0925. The molecule has 1 fully saturated rings. The van der Waals surface area contributed by atoms with Gasteiger partial charge in [-0.05, 0) is 61.9 Å². The molecule has 1 aromatic heterocycles. The van der Waals surface area contributed by atoms with E-state index in [0.29, 0.717) is 12.2 Å². The molecule has 158 valence electrons. The van der Waals surface area contributed by atoms with Crippen molar-refractivity contribution in [2.45, 2.75) is 44.2 Å². The Bertz CT molecular complexity index is 1210. The zero-order valence-electron chi connectivity index (χ0n) is 17.2. The summed E-state index contributed by atoms with van der Waals surface area (Å²) in [5.74, 6) is 0. The quantitative estimate of drug-likeness (QED) is 0.654. The molecule has 0 aliphatic carbocycles. The second-order valence-corrected chi connectivity index (χ2v) is 9.85. The highest BCUT2D eigenvalue weighted by Gasteiger charge is 2.30. The Labute approximate surface area is 176 Å². The molecule has 0 spiro atoms. The maximum Gasteiger partial charge on any atom is 0.252 e. The lowest BCUT2D eigenvalue weighted by Gasteiger charge is -2.25. The van der Waals surface area contributed by atoms with Crippen molar-refractivity contribution in [3.8, 4) is 0 Å². The van der Waals surface area contributed by atoms with Crippen molar-refractivity contribution >= 4 is 20.9 Å². The van der Waals surface area contributed by atoms with E-state index >= 15 is 0 Å². The van der Waals surface area contributed by atoms with Crippen LogP contribution in [-0.4, -0.2) is 37.0 Å². The van der Waals surface area contributed by atoms with Gasteiger partial charge in [0, 0.05) is 25.3 Å². The molecule has 0 saturated carbocycles. The fourth-order valence-electron chi connectivity index (χ4n) is 4.04. The van der Waals surface area contributed by atoms with Crippen molar-refractivity contribution in [1.29, 1.82) is 0 Å². The lowest BCUT2D eigenvalue weighted by Crippen LogP contribution is -2.38. The van der Waals surface area contributed by atoms with Gasteiger partial charge in [0.1, 0.15) is 0 Å². The molecule has 1 N–H and O–H groups in total. The van der Waals surface area contributed by atoms with Crippen LogP contribution in [0.4, 0.5) is 0 Å². The number of aryl methyl sites for hydroxylation is 2. The normalized spacial score (nSPS) is 17.1. The summed E-state index contributed by atoms with van der Waals surface area (Å²) in [6.07, 6.45) is 1.57. The largest absolute Gasteiger partial charge is 0.377 e. The summed E-state index contributed by atoms with van der Waals surface area (Å²) < 4.78 is 33.8. The first kappa shape index (κ1) is 20.8. The molecule has 3 aromatic rings. The monoisotopic (exact) mass is 426 g/mol. The highest BCUT2D eigenvalue weighted by molar-refractivity contribution is 7.89. The molecule has 1 unspecified atom stereocenters. The number of aromatic nitrogens is 1. The van der Waals surface area contributed by atoms with Crippen LogP contribution in [0.3, 0.4) is 0 Å². The fourth-order valence-corrected chi connectivity index (χ4v) is 5.51. The topological polar surface area (TPSA) is 79.5 Å². The molecule has 1 saturated heterocycles. The molecular formula is C23H26N2O4S. The molecule has 0 radical (unpaired) electrons. The van der Waals surface area contributed by atoms with Crippen LogP contribution in [-0.2, 0) is 21.3 Å². The number of H-pyrrole nitrogens is 1. The van der Waals surface area contributed by atoms with E-state index in [1.807, 2.05) is 26.0 Å². The zero-order valence-corrected chi connectivity index (χ0v) is 18.0. The van der Waals surface area contributed by atoms with Gasteiger partial charge in [-0.15, -0.1) is 0 Å². The molecule has 1 aliphatic heterocycles. The summed E-state index contributed by atoms with van der Waals surface area (Å²) in [5, 5.41) is 0.899. The summed E-state index contributed by atoms with van der Waals surface area (Å²) >= 11 is 0. The minimum atomic E-state index is -3.77. The summed E-state index contributed by atoms with van der Waals surface area (Å²) in [6.45, 7) is 4.81. The molecule has 2 heterocycles. The third kappa shape index (κ3) is 4.19. The maximum absolute atomic E-state index is 13.4. The third-order valence-electron chi connectivity index (χ3n) is 5.53. The van der Waals surface area contributed by atoms with Gasteiger partial charge in [0.05, 0.1) is 16.5 Å². The van der Waals surface area contributed by atoms with E-state index in [-0.39, 0.29) is 29.6 Å². The molecule has 4 rings (SSSR count). The number of nitrogens with zero attached hydrogens (tertiary/aromatic N) is 1. The van der Waals surface area contributed by atoms with E-state index < -0.39 is 10.0 Å². The standard InChI is InChI=1S/C23H26N2O4S/c1-16-11-17(2)22-18(12-16)13-19(23(26)24-22)14-25(15-20-7-6-10-29-20)30(27,28)21-8-4-3-5-9-21/h3-5,8-9,11-13,20H,6-7,10,14-15H2,1-2H3,(H,24,26). The smallest absolute Gasteiger partial charge is 0.252 e. The number of nitrogens with one attached hydrogen (secondary N) is 1. The van der Waals surface area contributed by atoms with Crippen molar-refractivity contribution in [3.05, 3.63) is 75.6 Å². The number of benzene rings is 2. The predicted molar refractivity (Wildman–Crippen MR) is 117 cm³/mol. The lowest BCUT2D eigenvalue weighted by atomic mass is 10.1. The number of hydrogen-bond acceptors (Lipinski definition) is 4. The first-order valence-corrected chi connectivity index (χ1v) is 11.6. The van der Waals surface area contributed by atoms with Crippen molar-refractivity contribution in [3.63, 3.8) is 0 Å². The average molecular weight is 427 g/mol. The number of rotatable bonds is 6. The molecule has 0 amide bonds. The van der Waals surface area contributed by atoms with Crippen LogP contribution >= 0.6 is 0 Å². The Balaban J connectivity index is 1.74. The second-order valence-electron chi connectivity index (χ2n) is 7.92. The number of fused-ring (bicyclic) bond motifs is 1. The van der Waals surface area contributed by atoms with Gasteiger partial charge in [0.15, 0.2) is 0 Å². The first-order chi connectivity index (χ1) is 14.3. The van der Waals surface area contributed by atoms with E-state index in [1.165, 1.54) is 4.31 Å². The second kappa shape index (κ2) is 8.34. The minimum absolute atomic E-state index is 0.00461. The molecule has 2 aromatic carbocycles. The van der Waals surface area contributed by atoms with Gasteiger partial charge < -0.3 is 9.72 Å². The van der Waals surface area contributed by atoms with Crippen LogP contribution in [0.5, 0.6) is 0 Å². The van der Waals surface area contributed by atoms with Gasteiger partial charge in [-0.3, -0.25) is 4.79 Å². The van der Waals surface area contributed by atoms with Gasteiger partial charge in [-0.25, -0.2) is 8.42 Å². The molecule has 1 aliphatic rings. The Morgan fingerprint density at radius 1 is 1.13 bits per heavy atom. The fraction of sp³-hybridized carbons (Fsp3) is 0.348. The predicted octanol–water partition coefficient (Wildman–Crippen LogP) is 3.51. The Hall–Kier alpha value is -2.48. The van der Waals surface area contributed by atoms with Crippen LogP contribution < -0.4 is 5.56 Å². The van der Waals surface area contributed by atoms with E-state index in [9.17, 15) is 13.2 Å². The third-order valence-corrected chi connectivity index (χ3v) is 7.36. The van der Waals surface area contributed by atoms with Crippen molar-refractivity contribution in [2.24, 2.45) is 0 Å². The number of pyridine rings is 1. The van der Waals surface area contributed by atoms with Crippen LogP contribution in [0.15, 0.2) is 58.2 Å². The van der Waals surface area contributed by atoms with Crippen LogP contribution in [0.2, 0.25) is 0 Å². The summed E-state index contributed by atoms with van der Waals surface area (Å²) in [5.41, 5.74) is 3.01. The summed E-state index contributed by atoms with van der Waals surface area (Å²) in [6, 6.07) is 14.2. The van der Waals surface area contributed by atoms with Crippen LogP contribution in [0.25, 0.3) is 10.9 Å². The van der Waals surface area contributed by atoms with Gasteiger partial charge >= 0.3 is 0 Å². The number of sulfonamides is 1. The van der Waals surface area contributed by atoms with Gasteiger partial charge in [0.25, 0.3) is 5.56 Å². The highest BCUT2D eigenvalue weighted by atomic mass is 32.2. The van der Waals surface area contributed by atoms with E-state index in [1.54, 1.807) is 36.4 Å². The van der Waals surface area contributed by atoms with Crippen molar-refractivity contribution in [2.75, 3.05) is 13.2 Å². The van der Waals surface area contributed by atoms with Gasteiger partial charge in [0.2, 0.25) is 10.0 Å². The Morgan fingerprint density at radius 3 is 2.60 bits per heavy atom. The van der Waals surface area contributed by atoms with E-state index in [2.05, 4.69) is 4.98 Å². The van der Waals surface area contributed by atoms with Crippen LogP contribution in [0, 0.1) is 13.8 Å². The number of aromatic amines is 1. The Morgan fingerprint density at radius 2 is 1.90 bits per heavy atom. The van der Waals surface area contributed by atoms with Crippen molar-refractivity contribution < 1.29 is 13.2 Å². The number of ether oxygens (including phenoxy) is 1. The van der Waals surface area contributed by atoms with E-state index in [0.717, 1.165) is 34.9 Å². The summed E-state index contributed by atoms with van der Waals surface area (Å²) in [7, 11) is -3.77. The molecule has 0 bridgehead atoms. The SMILES string of the molecule is Cc1cc(C)c2[nH]c(=O)c(CN(CC3CCCO3)S(=O)(=O)c3ccccc3)cc2c1. The Kier molecular flexibility index (Phi) is 5.77. The van der Waals surface area contributed by atoms with E-state index in [4.69, 9.17) is 4.74 Å². The van der Waals surface area contributed by atoms with Crippen molar-refractivity contribution in [1.82, 2.24) is 9.29 Å². The first-order valence-electron chi connectivity index (χ1n) is 10.1. The molecular weight excluding hydrogens is 400 g/mol. The van der Waals surface area contributed by atoms with Gasteiger partial charge in [-0.1, -0.05) is 29.8 Å². The van der Waals surface area contributed by atoms with Crippen LogP contribution in [0.1, 0.15) is 29.5 Å². The maximum atomic E-state index is 13.4. The summed E-state index contributed by atoms with van der Waals surface area (Å²) in [4.78, 5) is 15.9. The van der Waals surface area contributed by atoms with Gasteiger partial charge in [-0.2, -0.15) is 4.31 Å². The number of hydrogen-bond donors (Lipinski definition) is 1. The molecule has 6 nitrogen and oxygen atoms in total. The molecule has 1 atom stereocenters. The highest BCUT2D eigenvalue weighted by Crippen LogP contribution is 2.23. The average Bonchev–Trinajstić information content (AvgIpc) is 3.22. The zero-order chi connectivity index (χ0) is 21.3.